The first kappa shape index (κ1) is 14.9. The maximum Gasteiger partial charge on any atom is 0.0908 e. The van der Waals surface area contributed by atoms with E-state index in [2.05, 4.69) is 30.3 Å². The van der Waals surface area contributed by atoms with Gasteiger partial charge in [-0.25, -0.2) is 0 Å². The Kier molecular flexibility index (Phi) is 9.02. The van der Waals surface area contributed by atoms with Crippen molar-refractivity contribution in [2.45, 2.75) is 37.9 Å². The van der Waals surface area contributed by atoms with Crippen molar-refractivity contribution in [2.24, 2.45) is 0 Å². The molecule has 1 aromatic carbocycles. The molecular weight excluding hydrogens is 238 g/mol. The number of nitriles is 1. The predicted octanol–water partition coefficient (Wildman–Crippen LogP) is 4.95. The fourth-order valence-corrected chi connectivity index (χ4v) is 2.70. The van der Waals surface area contributed by atoms with E-state index in [0.717, 1.165) is 12.2 Å². The average molecular weight is 259 g/mol. The van der Waals surface area contributed by atoms with E-state index in [4.69, 9.17) is 5.26 Å². The number of thioether (sulfide) groups is 1. The lowest BCUT2D eigenvalue weighted by atomic mass is 10.1. The molecule has 0 fully saturated rings. The van der Waals surface area contributed by atoms with Gasteiger partial charge in [0.25, 0.3) is 0 Å². The molecule has 0 aliphatic carbocycles. The molecule has 0 aliphatic rings. The Bertz CT molecular complexity index is 364. The summed E-state index contributed by atoms with van der Waals surface area (Å²) in [6.45, 7) is 0. The zero-order chi connectivity index (χ0) is 12.9. The third kappa shape index (κ3) is 7.97. The summed E-state index contributed by atoms with van der Waals surface area (Å²) in [5.41, 5.74) is 1.42. The fourth-order valence-electron chi connectivity index (χ4n) is 1.72. The van der Waals surface area contributed by atoms with Crippen LogP contribution in [0.4, 0.5) is 0 Å². The van der Waals surface area contributed by atoms with Crippen LogP contribution in [-0.4, -0.2) is 5.75 Å². The van der Waals surface area contributed by atoms with Gasteiger partial charge >= 0.3 is 0 Å². The van der Waals surface area contributed by atoms with E-state index in [1.54, 1.807) is 6.08 Å². The second-order valence-corrected chi connectivity index (χ2v) is 5.38. The Morgan fingerprint density at radius 2 is 1.83 bits per heavy atom. The molecule has 0 aliphatic heterocycles. The number of allylic oxidation sites excluding steroid dienone is 2. The minimum Gasteiger partial charge on any atom is -0.193 e. The van der Waals surface area contributed by atoms with Crippen molar-refractivity contribution in [3.8, 4) is 6.07 Å². The van der Waals surface area contributed by atoms with Gasteiger partial charge in [-0.15, -0.1) is 0 Å². The molecule has 2 heteroatoms. The lowest BCUT2D eigenvalue weighted by molar-refractivity contribution is 0.678. The first-order chi connectivity index (χ1) is 8.93. The zero-order valence-electron chi connectivity index (χ0n) is 10.8. The summed E-state index contributed by atoms with van der Waals surface area (Å²) in [6, 6.07) is 12.7. The number of rotatable bonds is 9. The van der Waals surface area contributed by atoms with Crippen molar-refractivity contribution >= 4 is 11.8 Å². The van der Waals surface area contributed by atoms with E-state index in [9.17, 15) is 0 Å². The highest BCUT2D eigenvalue weighted by Gasteiger charge is 1.93. The van der Waals surface area contributed by atoms with E-state index in [0.29, 0.717) is 0 Å². The van der Waals surface area contributed by atoms with Crippen molar-refractivity contribution < 1.29 is 0 Å². The van der Waals surface area contributed by atoms with Crippen LogP contribution < -0.4 is 0 Å². The van der Waals surface area contributed by atoms with E-state index >= 15 is 0 Å². The summed E-state index contributed by atoms with van der Waals surface area (Å²) in [6.07, 6.45) is 9.69. The Morgan fingerprint density at radius 1 is 1.06 bits per heavy atom. The molecule has 0 saturated heterocycles. The van der Waals surface area contributed by atoms with Crippen LogP contribution in [0.1, 0.15) is 37.7 Å². The summed E-state index contributed by atoms with van der Waals surface area (Å²) >= 11 is 2.02. The second-order valence-electron chi connectivity index (χ2n) is 4.27. The Balaban J connectivity index is 1.88. The van der Waals surface area contributed by atoms with Crippen LogP contribution in [0, 0.1) is 11.3 Å². The van der Waals surface area contributed by atoms with Gasteiger partial charge in [0.1, 0.15) is 0 Å². The molecule has 0 saturated carbocycles. The third-order valence-corrected chi connectivity index (χ3v) is 3.83. The minimum atomic E-state index is 1.05. The van der Waals surface area contributed by atoms with Crippen LogP contribution in [0.3, 0.4) is 0 Å². The normalized spacial score (nSPS) is 10.6. The van der Waals surface area contributed by atoms with Gasteiger partial charge in [0.15, 0.2) is 0 Å². The van der Waals surface area contributed by atoms with Crippen LogP contribution in [-0.2, 0) is 5.75 Å². The van der Waals surface area contributed by atoms with Gasteiger partial charge in [-0.3, -0.25) is 0 Å². The monoisotopic (exact) mass is 259 g/mol. The molecule has 1 nitrogen and oxygen atoms in total. The summed E-state index contributed by atoms with van der Waals surface area (Å²) in [7, 11) is 0. The molecule has 0 aromatic heterocycles. The topological polar surface area (TPSA) is 23.8 Å². The van der Waals surface area contributed by atoms with Gasteiger partial charge < -0.3 is 0 Å². The van der Waals surface area contributed by atoms with Crippen molar-refractivity contribution in [2.75, 3.05) is 5.75 Å². The molecule has 0 heterocycles. The first-order valence-electron chi connectivity index (χ1n) is 6.60. The molecule has 96 valence electrons. The highest BCUT2D eigenvalue weighted by Crippen LogP contribution is 2.14. The summed E-state index contributed by atoms with van der Waals surface area (Å²) < 4.78 is 0. The molecule has 0 spiro atoms. The van der Waals surface area contributed by atoms with Gasteiger partial charge in [-0.2, -0.15) is 17.0 Å². The molecule has 0 N–H and O–H groups in total. The maximum absolute atomic E-state index is 8.32. The maximum atomic E-state index is 8.32. The highest BCUT2D eigenvalue weighted by molar-refractivity contribution is 7.98. The van der Waals surface area contributed by atoms with Crippen LogP contribution in [0.15, 0.2) is 42.5 Å². The molecule has 0 amide bonds. The summed E-state index contributed by atoms with van der Waals surface area (Å²) in [5.74, 6) is 2.38. The summed E-state index contributed by atoms with van der Waals surface area (Å²) in [5, 5.41) is 8.32. The lowest BCUT2D eigenvalue weighted by Gasteiger charge is -2.02. The van der Waals surface area contributed by atoms with Gasteiger partial charge in [0.2, 0.25) is 0 Å². The summed E-state index contributed by atoms with van der Waals surface area (Å²) in [4.78, 5) is 0. The van der Waals surface area contributed by atoms with Gasteiger partial charge in [0, 0.05) is 11.8 Å². The van der Waals surface area contributed by atoms with E-state index in [1.165, 1.54) is 37.0 Å². The van der Waals surface area contributed by atoms with E-state index in [1.807, 2.05) is 23.9 Å². The molecule has 0 unspecified atom stereocenters. The second kappa shape index (κ2) is 10.9. The molecule has 0 atom stereocenters. The van der Waals surface area contributed by atoms with Crippen LogP contribution in [0.2, 0.25) is 0 Å². The number of unbranched alkanes of at least 4 members (excludes halogenated alkanes) is 4. The molecule has 1 aromatic rings. The van der Waals surface area contributed by atoms with Gasteiger partial charge in [0.05, 0.1) is 6.07 Å². The largest absolute Gasteiger partial charge is 0.193 e. The SMILES string of the molecule is N#C/C=C\CCCCCCSCc1ccccc1. The standard InChI is InChI=1S/C16H21NS/c17-13-9-4-2-1-3-5-10-14-18-15-16-11-7-6-8-12-16/h4,6-9,11-12H,1-3,5,10,14-15H2/b9-4-. The molecule has 1 rings (SSSR count). The van der Waals surface area contributed by atoms with Crippen molar-refractivity contribution in [1.82, 2.24) is 0 Å². The predicted molar refractivity (Wildman–Crippen MR) is 80.4 cm³/mol. The smallest absolute Gasteiger partial charge is 0.0908 e. The van der Waals surface area contributed by atoms with Crippen LogP contribution in [0.25, 0.3) is 0 Å². The van der Waals surface area contributed by atoms with E-state index in [-0.39, 0.29) is 0 Å². The van der Waals surface area contributed by atoms with Gasteiger partial charge in [-0.05, 0) is 30.6 Å². The van der Waals surface area contributed by atoms with Crippen LogP contribution >= 0.6 is 11.8 Å². The molecular formula is C16H21NS. The molecule has 0 radical (unpaired) electrons. The third-order valence-electron chi connectivity index (χ3n) is 2.71. The van der Waals surface area contributed by atoms with E-state index < -0.39 is 0 Å². The van der Waals surface area contributed by atoms with Crippen molar-refractivity contribution in [3.05, 3.63) is 48.0 Å². The average Bonchev–Trinajstić information content (AvgIpc) is 2.42. The number of nitrogens with zero attached hydrogens (tertiary/aromatic N) is 1. The Hall–Kier alpha value is -1.20. The first-order valence-corrected chi connectivity index (χ1v) is 7.75. The van der Waals surface area contributed by atoms with Gasteiger partial charge in [-0.1, -0.05) is 49.2 Å². The molecule has 0 bridgehead atoms. The van der Waals surface area contributed by atoms with Crippen molar-refractivity contribution in [3.63, 3.8) is 0 Å². The fraction of sp³-hybridized carbons (Fsp3) is 0.438. The van der Waals surface area contributed by atoms with Crippen molar-refractivity contribution in [1.29, 1.82) is 5.26 Å². The highest BCUT2D eigenvalue weighted by atomic mass is 32.2. The number of hydrogen-bond acceptors (Lipinski definition) is 2. The number of benzene rings is 1. The lowest BCUT2D eigenvalue weighted by Crippen LogP contribution is -1.84. The Labute approximate surface area is 115 Å². The minimum absolute atomic E-state index is 1.05. The zero-order valence-corrected chi connectivity index (χ0v) is 11.7. The number of hydrogen-bond donors (Lipinski definition) is 0. The van der Waals surface area contributed by atoms with Crippen LogP contribution in [0.5, 0.6) is 0 Å². The quantitative estimate of drug-likeness (QED) is 0.463. The molecule has 18 heavy (non-hydrogen) atoms. The Morgan fingerprint density at radius 3 is 2.61 bits per heavy atom.